The summed E-state index contributed by atoms with van der Waals surface area (Å²) in [5, 5.41) is 3.48. The van der Waals surface area contributed by atoms with Crippen molar-refractivity contribution in [1.29, 1.82) is 0 Å². The van der Waals surface area contributed by atoms with E-state index in [-0.39, 0.29) is 12.7 Å². The maximum atomic E-state index is 12.3. The van der Waals surface area contributed by atoms with Gasteiger partial charge in [-0.3, -0.25) is 4.79 Å². The van der Waals surface area contributed by atoms with E-state index in [2.05, 4.69) is 5.32 Å². The highest BCUT2D eigenvalue weighted by Crippen LogP contribution is 2.34. The average Bonchev–Trinajstić information content (AvgIpc) is 3.25. The zero-order valence-corrected chi connectivity index (χ0v) is 17.5. The molecule has 1 N–H and O–H groups in total. The standard InChI is InChI=1S/C24H20ClNO5/c1-28-22-12-16(4-9-20(22)29-14-17-2-6-18(25)7-3-17)5-11-24(27)26-19-8-10-21-23(13-19)31-15-30-21/h2-13H,14-15H2,1H3,(H,26,27)/b11-5+. The summed E-state index contributed by atoms with van der Waals surface area (Å²) >= 11 is 5.91. The molecule has 0 spiro atoms. The molecule has 7 heteroatoms. The summed E-state index contributed by atoms with van der Waals surface area (Å²) in [5.41, 5.74) is 2.43. The Morgan fingerprint density at radius 3 is 2.65 bits per heavy atom. The van der Waals surface area contributed by atoms with Gasteiger partial charge in [0.15, 0.2) is 23.0 Å². The second-order valence-corrected chi connectivity index (χ2v) is 7.15. The van der Waals surface area contributed by atoms with E-state index in [1.54, 1.807) is 31.4 Å². The van der Waals surface area contributed by atoms with Crippen LogP contribution < -0.4 is 24.3 Å². The Bertz CT molecular complexity index is 1110. The number of fused-ring (bicyclic) bond motifs is 1. The van der Waals surface area contributed by atoms with Crippen LogP contribution >= 0.6 is 11.6 Å². The van der Waals surface area contributed by atoms with E-state index in [9.17, 15) is 4.79 Å². The van der Waals surface area contributed by atoms with Gasteiger partial charge in [0, 0.05) is 22.9 Å². The van der Waals surface area contributed by atoms with Crippen LogP contribution in [0.3, 0.4) is 0 Å². The van der Waals surface area contributed by atoms with Crippen molar-refractivity contribution in [1.82, 2.24) is 0 Å². The second-order valence-electron chi connectivity index (χ2n) is 6.72. The first kappa shape index (κ1) is 20.6. The maximum Gasteiger partial charge on any atom is 0.248 e. The van der Waals surface area contributed by atoms with Gasteiger partial charge in [-0.25, -0.2) is 0 Å². The van der Waals surface area contributed by atoms with Crippen LogP contribution in [0, 0.1) is 0 Å². The number of carbonyl (C=O) groups is 1. The third-order valence-electron chi connectivity index (χ3n) is 4.56. The summed E-state index contributed by atoms with van der Waals surface area (Å²) in [4.78, 5) is 12.3. The average molecular weight is 438 g/mol. The van der Waals surface area contributed by atoms with Gasteiger partial charge in [0.2, 0.25) is 12.7 Å². The fraction of sp³-hybridized carbons (Fsp3) is 0.125. The zero-order chi connectivity index (χ0) is 21.6. The lowest BCUT2D eigenvalue weighted by molar-refractivity contribution is -0.111. The zero-order valence-electron chi connectivity index (χ0n) is 16.8. The Kier molecular flexibility index (Phi) is 6.29. The molecule has 3 aromatic carbocycles. The molecule has 3 aromatic rings. The van der Waals surface area contributed by atoms with Crippen LogP contribution in [0.1, 0.15) is 11.1 Å². The minimum absolute atomic E-state index is 0.188. The number of hydrogen-bond acceptors (Lipinski definition) is 5. The summed E-state index contributed by atoms with van der Waals surface area (Å²) in [6.07, 6.45) is 3.15. The molecule has 0 radical (unpaired) electrons. The van der Waals surface area contributed by atoms with Crippen LogP contribution in [0.5, 0.6) is 23.0 Å². The fourth-order valence-electron chi connectivity index (χ4n) is 2.98. The molecule has 1 aliphatic heterocycles. The Balaban J connectivity index is 1.38. The monoisotopic (exact) mass is 437 g/mol. The van der Waals surface area contributed by atoms with Crippen molar-refractivity contribution in [3.63, 3.8) is 0 Å². The van der Waals surface area contributed by atoms with Crippen LogP contribution in [0.2, 0.25) is 5.02 Å². The molecule has 6 nitrogen and oxygen atoms in total. The molecular weight excluding hydrogens is 418 g/mol. The first-order valence-corrected chi connectivity index (χ1v) is 9.92. The van der Waals surface area contributed by atoms with Gasteiger partial charge in [0.05, 0.1) is 7.11 Å². The van der Waals surface area contributed by atoms with E-state index >= 15 is 0 Å². The van der Waals surface area contributed by atoms with Crippen LogP contribution in [-0.2, 0) is 11.4 Å². The molecule has 0 aromatic heterocycles. The largest absolute Gasteiger partial charge is 0.493 e. The molecule has 0 aliphatic carbocycles. The number of halogens is 1. The predicted octanol–water partition coefficient (Wildman–Crippen LogP) is 5.31. The third-order valence-corrected chi connectivity index (χ3v) is 4.81. The number of methoxy groups -OCH3 is 1. The molecule has 1 heterocycles. The topological polar surface area (TPSA) is 66.0 Å². The van der Waals surface area contributed by atoms with Crippen LogP contribution in [0.25, 0.3) is 6.08 Å². The van der Waals surface area contributed by atoms with Crippen LogP contribution in [0.4, 0.5) is 5.69 Å². The van der Waals surface area contributed by atoms with Crippen LogP contribution in [0.15, 0.2) is 66.7 Å². The van der Waals surface area contributed by atoms with E-state index in [1.165, 1.54) is 6.08 Å². The van der Waals surface area contributed by atoms with Crippen LogP contribution in [-0.4, -0.2) is 19.8 Å². The molecule has 0 fully saturated rings. The normalized spacial score (nSPS) is 12.1. The summed E-state index contributed by atoms with van der Waals surface area (Å²) in [7, 11) is 1.57. The first-order valence-electron chi connectivity index (χ1n) is 9.55. The number of rotatable bonds is 7. The number of ether oxygens (including phenoxy) is 4. The summed E-state index contributed by atoms with van der Waals surface area (Å²) in [6.45, 7) is 0.578. The SMILES string of the molecule is COc1cc(/C=C/C(=O)Nc2ccc3c(c2)OCO3)ccc1OCc1ccc(Cl)cc1. The molecule has 0 bridgehead atoms. The molecule has 4 rings (SSSR count). The highest BCUT2D eigenvalue weighted by atomic mass is 35.5. The van der Waals surface area contributed by atoms with Crippen molar-refractivity contribution in [3.05, 3.63) is 82.9 Å². The molecule has 158 valence electrons. The lowest BCUT2D eigenvalue weighted by atomic mass is 10.2. The van der Waals surface area contributed by atoms with E-state index < -0.39 is 0 Å². The van der Waals surface area contributed by atoms with Gasteiger partial charge in [-0.2, -0.15) is 0 Å². The Morgan fingerprint density at radius 1 is 1.03 bits per heavy atom. The number of nitrogens with one attached hydrogen (secondary N) is 1. The second kappa shape index (κ2) is 9.45. The maximum absolute atomic E-state index is 12.3. The van der Waals surface area contributed by atoms with E-state index in [4.69, 9.17) is 30.5 Å². The van der Waals surface area contributed by atoms with Gasteiger partial charge in [0.1, 0.15) is 6.61 Å². The number of benzene rings is 3. The van der Waals surface area contributed by atoms with E-state index in [1.807, 2.05) is 42.5 Å². The molecule has 1 aliphatic rings. The van der Waals surface area contributed by atoms with Gasteiger partial charge >= 0.3 is 0 Å². The molecule has 31 heavy (non-hydrogen) atoms. The van der Waals surface area contributed by atoms with Crippen molar-refractivity contribution >= 4 is 29.3 Å². The van der Waals surface area contributed by atoms with E-state index in [0.717, 1.165) is 11.1 Å². The third kappa shape index (κ3) is 5.29. The summed E-state index contributed by atoms with van der Waals surface area (Å²) < 4.78 is 21.9. The lowest BCUT2D eigenvalue weighted by Crippen LogP contribution is -2.07. The van der Waals surface area contributed by atoms with Gasteiger partial charge in [-0.15, -0.1) is 0 Å². The summed E-state index contributed by atoms with van der Waals surface area (Å²) in [5.74, 6) is 2.20. The van der Waals surface area contributed by atoms with Gasteiger partial charge in [-0.1, -0.05) is 29.8 Å². The molecule has 0 atom stereocenters. The number of anilines is 1. The molecule has 0 unspecified atom stereocenters. The lowest BCUT2D eigenvalue weighted by Gasteiger charge is -2.11. The van der Waals surface area contributed by atoms with Gasteiger partial charge in [0.25, 0.3) is 0 Å². The van der Waals surface area contributed by atoms with Crippen molar-refractivity contribution in [3.8, 4) is 23.0 Å². The number of hydrogen-bond donors (Lipinski definition) is 1. The Morgan fingerprint density at radius 2 is 1.84 bits per heavy atom. The van der Waals surface area contributed by atoms with Crippen molar-refractivity contribution in [2.24, 2.45) is 0 Å². The molecule has 1 amide bonds. The quantitative estimate of drug-likeness (QED) is 0.507. The first-order chi connectivity index (χ1) is 15.1. The van der Waals surface area contributed by atoms with Gasteiger partial charge < -0.3 is 24.3 Å². The smallest absolute Gasteiger partial charge is 0.248 e. The van der Waals surface area contributed by atoms with Crippen molar-refractivity contribution in [2.75, 3.05) is 19.2 Å². The highest BCUT2D eigenvalue weighted by Gasteiger charge is 2.13. The Labute approximate surface area is 185 Å². The molecular formula is C24H20ClNO5. The number of carbonyl (C=O) groups excluding carboxylic acids is 1. The minimum Gasteiger partial charge on any atom is -0.493 e. The molecule has 0 saturated heterocycles. The van der Waals surface area contributed by atoms with Crippen molar-refractivity contribution in [2.45, 2.75) is 6.61 Å². The highest BCUT2D eigenvalue weighted by molar-refractivity contribution is 6.30. The van der Waals surface area contributed by atoms with Crippen molar-refractivity contribution < 1.29 is 23.7 Å². The van der Waals surface area contributed by atoms with Gasteiger partial charge in [-0.05, 0) is 53.6 Å². The number of amides is 1. The minimum atomic E-state index is -0.263. The predicted molar refractivity (Wildman–Crippen MR) is 119 cm³/mol. The molecule has 0 saturated carbocycles. The Hall–Kier alpha value is -3.64. The fourth-order valence-corrected chi connectivity index (χ4v) is 3.10. The summed E-state index contributed by atoms with van der Waals surface area (Å²) in [6, 6.07) is 18.2. The van der Waals surface area contributed by atoms with E-state index in [0.29, 0.717) is 40.3 Å².